The number of halogens is 4. The van der Waals surface area contributed by atoms with Crippen molar-refractivity contribution in [2.24, 2.45) is 0 Å². The molecule has 2 aromatic carbocycles. The molecule has 0 aliphatic carbocycles. The predicted octanol–water partition coefficient (Wildman–Crippen LogP) is 4.76. The van der Waals surface area contributed by atoms with Gasteiger partial charge in [0.1, 0.15) is 23.0 Å². The molecule has 2 aromatic rings. The lowest BCUT2D eigenvalue weighted by Crippen LogP contribution is -2.43. The van der Waals surface area contributed by atoms with Gasteiger partial charge in [0.25, 0.3) is 0 Å². The van der Waals surface area contributed by atoms with Crippen molar-refractivity contribution in [1.29, 1.82) is 0 Å². The fraction of sp³-hybridized carbons (Fsp3) is 0.590. The van der Waals surface area contributed by atoms with E-state index in [0.717, 1.165) is 0 Å². The standard InChI is InChI=1S/C39H54F4N2O12/c1-38(2,3)56-33(47)25-55-27-9-7-26(8-10-27)23-31(36(48)54-15-11-28-34(42)29(40)24-30(41)35(28)43)45-32(46)12-14-50-17-19-52-21-22-53-20-18-51-16-13-44-37(49)57-39(4,5)6/h7-10,24,31H,11-23,25H2,1-6H3,(H,44,49)(H,45,46). The summed E-state index contributed by atoms with van der Waals surface area (Å²) in [6.45, 7) is 11.7. The summed E-state index contributed by atoms with van der Waals surface area (Å²) in [5.41, 5.74) is -1.64. The molecule has 0 bridgehead atoms. The monoisotopic (exact) mass is 818 g/mol. The highest BCUT2D eigenvalue weighted by molar-refractivity contribution is 5.84. The van der Waals surface area contributed by atoms with E-state index >= 15 is 0 Å². The van der Waals surface area contributed by atoms with Crippen LogP contribution in [0.3, 0.4) is 0 Å². The summed E-state index contributed by atoms with van der Waals surface area (Å²) < 4.78 is 98.1. The van der Waals surface area contributed by atoms with Crippen LogP contribution in [0.4, 0.5) is 22.4 Å². The van der Waals surface area contributed by atoms with Gasteiger partial charge in [0.2, 0.25) is 5.91 Å². The van der Waals surface area contributed by atoms with Gasteiger partial charge in [0.05, 0.1) is 59.5 Å². The Bertz CT molecular complexity index is 1540. The number of carbonyl (C=O) groups excluding carboxylic acids is 4. The van der Waals surface area contributed by atoms with Crippen LogP contribution in [-0.2, 0) is 60.4 Å². The highest BCUT2D eigenvalue weighted by Crippen LogP contribution is 2.20. The molecular formula is C39H54F4N2O12. The molecule has 0 heterocycles. The van der Waals surface area contributed by atoms with E-state index in [1.807, 2.05) is 0 Å². The maximum Gasteiger partial charge on any atom is 0.407 e. The normalized spacial score (nSPS) is 12.1. The van der Waals surface area contributed by atoms with Gasteiger partial charge in [-0.2, -0.15) is 0 Å². The number of carbonyl (C=O) groups is 4. The number of rotatable bonds is 25. The second kappa shape index (κ2) is 25.0. The molecule has 18 heteroatoms. The van der Waals surface area contributed by atoms with E-state index in [1.165, 1.54) is 0 Å². The van der Waals surface area contributed by atoms with Crippen LogP contribution in [-0.4, -0.2) is 114 Å². The summed E-state index contributed by atoms with van der Waals surface area (Å²) in [6.07, 6.45) is -1.41. The average Bonchev–Trinajstić information content (AvgIpc) is 3.11. The number of ether oxygens (including phenoxy) is 8. The lowest BCUT2D eigenvalue weighted by atomic mass is 10.1. The van der Waals surface area contributed by atoms with E-state index in [9.17, 15) is 36.7 Å². The van der Waals surface area contributed by atoms with Crippen molar-refractivity contribution in [3.05, 3.63) is 64.7 Å². The molecule has 0 aliphatic rings. The highest BCUT2D eigenvalue weighted by atomic mass is 19.2. The molecule has 1 atom stereocenters. The average molecular weight is 819 g/mol. The Balaban J connectivity index is 1.76. The van der Waals surface area contributed by atoms with Gasteiger partial charge < -0.3 is 48.5 Å². The van der Waals surface area contributed by atoms with Gasteiger partial charge in [-0.05, 0) is 59.2 Å². The molecule has 0 saturated heterocycles. The van der Waals surface area contributed by atoms with Crippen LogP contribution in [0.2, 0.25) is 0 Å². The van der Waals surface area contributed by atoms with E-state index in [2.05, 4.69) is 10.6 Å². The third-order valence-corrected chi connectivity index (χ3v) is 7.06. The van der Waals surface area contributed by atoms with E-state index < -0.39 is 83.0 Å². The van der Waals surface area contributed by atoms with Gasteiger partial charge >= 0.3 is 18.0 Å². The summed E-state index contributed by atoms with van der Waals surface area (Å²) in [7, 11) is 0. The van der Waals surface area contributed by atoms with Crippen LogP contribution >= 0.6 is 0 Å². The number of esters is 2. The van der Waals surface area contributed by atoms with Gasteiger partial charge in [0.15, 0.2) is 29.9 Å². The molecule has 2 amide bonds. The van der Waals surface area contributed by atoms with Crippen LogP contribution in [0.5, 0.6) is 5.75 Å². The maximum absolute atomic E-state index is 14.1. The van der Waals surface area contributed by atoms with Crippen molar-refractivity contribution < 1.29 is 74.6 Å². The summed E-state index contributed by atoms with van der Waals surface area (Å²) in [6, 6.07) is 5.07. The lowest BCUT2D eigenvalue weighted by molar-refractivity contribution is -0.157. The number of benzene rings is 2. The van der Waals surface area contributed by atoms with Crippen molar-refractivity contribution in [3.63, 3.8) is 0 Å². The third-order valence-electron chi connectivity index (χ3n) is 7.06. The summed E-state index contributed by atoms with van der Waals surface area (Å²) in [4.78, 5) is 49.4. The fourth-order valence-corrected chi connectivity index (χ4v) is 4.59. The number of alkyl carbamates (subject to hydrolysis) is 1. The van der Waals surface area contributed by atoms with E-state index in [-0.39, 0.29) is 51.9 Å². The fourth-order valence-electron chi connectivity index (χ4n) is 4.59. The van der Waals surface area contributed by atoms with Crippen molar-refractivity contribution in [1.82, 2.24) is 10.6 Å². The molecule has 0 aromatic heterocycles. The van der Waals surface area contributed by atoms with Crippen molar-refractivity contribution in [2.75, 3.05) is 72.6 Å². The number of hydrogen-bond donors (Lipinski definition) is 2. The van der Waals surface area contributed by atoms with Crippen LogP contribution < -0.4 is 15.4 Å². The van der Waals surface area contributed by atoms with E-state index in [4.69, 9.17) is 37.9 Å². The van der Waals surface area contributed by atoms with Gasteiger partial charge in [-0.1, -0.05) is 12.1 Å². The van der Waals surface area contributed by atoms with E-state index in [0.29, 0.717) is 44.3 Å². The van der Waals surface area contributed by atoms with Crippen LogP contribution in [0, 0.1) is 23.3 Å². The first-order valence-corrected chi connectivity index (χ1v) is 18.3. The Labute approximate surface area is 330 Å². The smallest absolute Gasteiger partial charge is 0.407 e. The molecule has 0 radical (unpaired) electrons. The molecule has 2 N–H and O–H groups in total. The van der Waals surface area contributed by atoms with Gasteiger partial charge in [-0.15, -0.1) is 0 Å². The molecule has 0 spiro atoms. The van der Waals surface area contributed by atoms with Crippen LogP contribution in [0.1, 0.15) is 59.1 Å². The molecular weight excluding hydrogens is 764 g/mol. The molecule has 0 fully saturated rings. The summed E-state index contributed by atoms with van der Waals surface area (Å²) >= 11 is 0. The van der Waals surface area contributed by atoms with Gasteiger partial charge in [-0.25, -0.2) is 31.9 Å². The Hall–Kier alpha value is -4.52. The number of amides is 2. The van der Waals surface area contributed by atoms with Crippen LogP contribution in [0.25, 0.3) is 0 Å². The largest absolute Gasteiger partial charge is 0.482 e. The van der Waals surface area contributed by atoms with Crippen molar-refractivity contribution in [3.8, 4) is 5.75 Å². The Morgan fingerprint density at radius 3 is 1.75 bits per heavy atom. The predicted molar refractivity (Wildman–Crippen MR) is 196 cm³/mol. The topological polar surface area (TPSA) is 166 Å². The summed E-state index contributed by atoms with van der Waals surface area (Å²) in [5, 5.41) is 5.14. The van der Waals surface area contributed by atoms with Crippen molar-refractivity contribution in [2.45, 2.75) is 78.0 Å². The minimum atomic E-state index is -1.60. The van der Waals surface area contributed by atoms with Crippen LogP contribution in [0.15, 0.2) is 30.3 Å². The molecule has 0 aliphatic heterocycles. The van der Waals surface area contributed by atoms with Crippen molar-refractivity contribution >= 4 is 23.9 Å². The summed E-state index contributed by atoms with van der Waals surface area (Å²) in [5.74, 6) is -8.17. The minimum Gasteiger partial charge on any atom is -0.482 e. The van der Waals surface area contributed by atoms with Gasteiger partial charge in [-0.3, -0.25) is 4.79 Å². The second-order valence-electron chi connectivity index (χ2n) is 14.3. The first kappa shape index (κ1) is 48.6. The molecule has 2 rings (SSSR count). The zero-order chi connectivity index (χ0) is 42.4. The SMILES string of the molecule is CC(C)(C)OC(=O)COc1ccc(CC(NC(=O)CCOCCOCCOCCOCCNC(=O)OC(C)(C)C)C(=O)OCCc2c(F)c(F)cc(F)c2F)cc1. The van der Waals surface area contributed by atoms with Gasteiger partial charge in [0, 0.05) is 37.4 Å². The zero-order valence-corrected chi connectivity index (χ0v) is 33.3. The highest BCUT2D eigenvalue weighted by Gasteiger charge is 2.25. The first-order valence-electron chi connectivity index (χ1n) is 18.3. The maximum atomic E-state index is 14.1. The Kier molecular flexibility index (Phi) is 21.3. The Morgan fingerprint density at radius 1 is 0.684 bits per heavy atom. The van der Waals surface area contributed by atoms with E-state index in [1.54, 1.807) is 65.8 Å². The lowest BCUT2D eigenvalue weighted by Gasteiger charge is -2.19. The number of nitrogens with one attached hydrogen (secondary N) is 2. The zero-order valence-electron chi connectivity index (χ0n) is 33.3. The molecule has 14 nitrogen and oxygen atoms in total. The second-order valence-corrected chi connectivity index (χ2v) is 14.3. The molecule has 1 unspecified atom stereocenters. The third kappa shape index (κ3) is 21.5. The first-order chi connectivity index (χ1) is 26.8. The molecule has 57 heavy (non-hydrogen) atoms. The Morgan fingerprint density at radius 2 is 1.21 bits per heavy atom. The molecule has 0 saturated carbocycles. The molecule has 320 valence electrons. The minimum absolute atomic E-state index is 0.0129. The number of hydrogen-bond acceptors (Lipinski definition) is 12. The quantitative estimate of drug-likeness (QED) is 0.0465.